The summed E-state index contributed by atoms with van der Waals surface area (Å²) in [4.78, 5) is 16.6. The van der Waals surface area contributed by atoms with Gasteiger partial charge in [0, 0.05) is 6.54 Å². The van der Waals surface area contributed by atoms with Gasteiger partial charge in [0.25, 0.3) is 0 Å². The standard InChI is InChI=1S/C20H19Cl2N5O2S/c1-4-9-27-19(13-7-5-6-8-16(13)29-3)25-26-20(27)30-11-17(28)24-18-15(22)10-14(21)12(2)23-18/h4-8,10H,1,9,11H2,2-3H3,(H,23,24,28). The first-order chi connectivity index (χ1) is 14.4. The molecular formula is C20H19Cl2N5O2S. The Hall–Kier alpha value is -2.55. The summed E-state index contributed by atoms with van der Waals surface area (Å²) in [5.41, 5.74) is 1.38. The summed E-state index contributed by atoms with van der Waals surface area (Å²) in [5, 5.41) is 12.5. The lowest BCUT2D eigenvalue weighted by Crippen LogP contribution is -2.16. The number of nitrogens with zero attached hydrogens (tertiary/aromatic N) is 4. The van der Waals surface area contributed by atoms with Crippen molar-refractivity contribution >= 4 is 46.7 Å². The average Bonchev–Trinajstić information content (AvgIpc) is 3.13. The molecule has 1 N–H and O–H groups in total. The van der Waals surface area contributed by atoms with Crippen LogP contribution in [0.25, 0.3) is 11.4 Å². The van der Waals surface area contributed by atoms with Crippen LogP contribution in [0.2, 0.25) is 10.0 Å². The highest BCUT2D eigenvalue weighted by Crippen LogP contribution is 2.31. The molecule has 0 saturated heterocycles. The van der Waals surface area contributed by atoms with Crippen LogP contribution in [0, 0.1) is 6.92 Å². The molecule has 0 aliphatic heterocycles. The zero-order chi connectivity index (χ0) is 21.7. The number of aryl methyl sites for hydroxylation is 1. The third kappa shape index (κ3) is 4.95. The van der Waals surface area contributed by atoms with Crippen LogP contribution in [0.15, 0.2) is 48.1 Å². The number of methoxy groups -OCH3 is 1. The molecule has 156 valence electrons. The van der Waals surface area contributed by atoms with E-state index in [1.54, 1.807) is 26.2 Å². The quantitative estimate of drug-likeness (QED) is 0.378. The Bertz CT molecular complexity index is 1090. The molecule has 3 rings (SSSR count). The lowest BCUT2D eigenvalue weighted by Gasteiger charge is -2.11. The Morgan fingerprint density at radius 3 is 2.80 bits per heavy atom. The minimum absolute atomic E-state index is 0.0981. The predicted molar refractivity (Wildman–Crippen MR) is 121 cm³/mol. The van der Waals surface area contributed by atoms with Gasteiger partial charge in [0.15, 0.2) is 16.8 Å². The van der Waals surface area contributed by atoms with Crippen molar-refractivity contribution in [2.45, 2.75) is 18.6 Å². The summed E-state index contributed by atoms with van der Waals surface area (Å²) >= 11 is 13.3. The van der Waals surface area contributed by atoms with Gasteiger partial charge in [0.05, 0.1) is 34.2 Å². The third-order valence-electron chi connectivity index (χ3n) is 4.07. The molecule has 1 amide bonds. The minimum atomic E-state index is -0.275. The summed E-state index contributed by atoms with van der Waals surface area (Å²) < 4.78 is 7.30. The molecule has 0 aliphatic carbocycles. The monoisotopic (exact) mass is 463 g/mol. The van der Waals surface area contributed by atoms with Gasteiger partial charge in [-0.2, -0.15) is 0 Å². The molecule has 0 spiro atoms. The van der Waals surface area contributed by atoms with Gasteiger partial charge < -0.3 is 10.1 Å². The fraction of sp³-hybridized carbons (Fsp3) is 0.200. The van der Waals surface area contributed by atoms with Gasteiger partial charge in [0.2, 0.25) is 5.91 Å². The van der Waals surface area contributed by atoms with E-state index >= 15 is 0 Å². The van der Waals surface area contributed by atoms with Gasteiger partial charge in [-0.3, -0.25) is 9.36 Å². The number of anilines is 1. The molecule has 0 saturated carbocycles. The molecule has 30 heavy (non-hydrogen) atoms. The topological polar surface area (TPSA) is 81.9 Å². The summed E-state index contributed by atoms with van der Waals surface area (Å²) in [5.74, 6) is 1.41. The van der Waals surface area contributed by atoms with E-state index < -0.39 is 0 Å². The maximum atomic E-state index is 12.4. The lowest BCUT2D eigenvalue weighted by molar-refractivity contribution is -0.113. The maximum Gasteiger partial charge on any atom is 0.236 e. The van der Waals surface area contributed by atoms with Crippen molar-refractivity contribution < 1.29 is 9.53 Å². The van der Waals surface area contributed by atoms with Crippen LogP contribution in [-0.2, 0) is 11.3 Å². The second-order valence-electron chi connectivity index (χ2n) is 6.13. The number of allylic oxidation sites excluding steroid dienone is 1. The fourth-order valence-electron chi connectivity index (χ4n) is 2.66. The summed E-state index contributed by atoms with van der Waals surface area (Å²) in [7, 11) is 1.60. The van der Waals surface area contributed by atoms with E-state index in [1.165, 1.54) is 11.8 Å². The second kappa shape index (κ2) is 9.97. The number of carbonyl (C=O) groups is 1. The molecule has 0 radical (unpaired) electrons. The number of halogens is 2. The summed E-state index contributed by atoms with van der Waals surface area (Å²) in [6.07, 6.45) is 1.74. The number of hydrogen-bond acceptors (Lipinski definition) is 6. The molecule has 10 heteroatoms. The van der Waals surface area contributed by atoms with Gasteiger partial charge in [-0.15, -0.1) is 16.8 Å². The number of aromatic nitrogens is 4. The van der Waals surface area contributed by atoms with Gasteiger partial charge in [0.1, 0.15) is 5.75 Å². The number of benzene rings is 1. The molecule has 3 aromatic rings. The predicted octanol–water partition coefficient (Wildman–Crippen LogP) is 4.88. The van der Waals surface area contributed by atoms with Gasteiger partial charge in [-0.05, 0) is 25.1 Å². The molecule has 0 fully saturated rings. The van der Waals surface area contributed by atoms with E-state index in [0.717, 1.165) is 5.56 Å². The molecule has 0 atom stereocenters. The second-order valence-corrected chi connectivity index (χ2v) is 7.89. The maximum absolute atomic E-state index is 12.4. The highest BCUT2D eigenvalue weighted by Gasteiger charge is 2.18. The number of carbonyl (C=O) groups excluding carboxylic acids is 1. The van der Waals surface area contributed by atoms with Crippen LogP contribution in [0.3, 0.4) is 0 Å². The zero-order valence-corrected chi connectivity index (χ0v) is 18.7. The zero-order valence-electron chi connectivity index (χ0n) is 16.4. The highest BCUT2D eigenvalue weighted by molar-refractivity contribution is 7.99. The first-order valence-electron chi connectivity index (χ1n) is 8.87. The van der Waals surface area contributed by atoms with E-state index in [1.807, 2.05) is 28.8 Å². The number of nitrogens with one attached hydrogen (secondary N) is 1. The van der Waals surface area contributed by atoms with E-state index in [-0.39, 0.29) is 22.5 Å². The molecule has 2 aromatic heterocycles. The number of hydrogen-bond donors (Lipinski definition) is 1. The summed E-state index contributed by atoms with van der Waals surface area (Å²) in [6, 6.07) is 9.09. The molecule has 0 unspecified atom stereocenters. The van der Waals surface area contributed by atoms with E-state index in [2.05, 4.69) is 27.1 Å². The number of pyridine rings is 1. The van der Waals surface area contributed by atoms with Crippen molar-refractivity contribution in [3.05, 3.63) is 58.7 Å². The number of amides is 1. The van der Waals surface area contributed by atoms with E-state index in [9.17, 15) is 4.79 Å². The number of rotatable bonds is 8. The lowest BCUT2D eigenvalue weighted by atomic mass is 10.2. The van der Waals surface area contributed by atoms with Crippen LogP contribution >= 0.6 is 35.0 Å². The van der Waals surface area contributed by atoms with Crippen LogP contribution in [0.1, 0.15) is 5.69 Å². The van der Waals surface area contributed by atoms with Gasteiger partial charge in [-0.1, -0.05) is 53.2 Å². The molecule has 0 aliphatic rings. The Kier molecular flexibility index (Phi) is 7.36. The molecular weight excluding hydrogens is 445 g/mol. The highest BCUT2D eigenvalue weighted by atomic mass is 35.5. The first kappa shape index (κ1) is 22.1. The van der Waals surface area contributed by atoms with Crippen molar-refractivity contribution in [2.75, 3.05) is 18.2 Å². The van der Waals surface area contributed by atoms with Crippen LogP contribution in [0.5, 0.6) is 5.75 Å². The minimum Gasteiger partial charge on any atom is -0.496 e. The van der Waals surface area contributed by atoms with Crippen LogP contribution in [0.4, 0.5) is 5.82 Å². The molecule has 2 heterocycles. The largest absolute Gasteiger partial charge is 0.496 e. The summed E-state index contributed by atoms with van der Waals surface area (Å²) in [6.45, 7) is 6.02. The van der Waals surface area contributed by atoms with Gasteiger partial charge in [-0.25, -0.2) is 4.98 Å². The van der Waals surface area contributed by atoms with Crippen molar-refractivity contribution in [1.29, 1.82) is 0 Å². The molecule has 1 aromatic carbocycles. The smallest absolute Gasteiger partial charge is 0.236 e. The average molecular weight is 464 g/mol. The number of thioether (sulfide) groups is 1. The van der Waals surface area contributed by atoms with Gasteiger partial charge >= 0.3 is 0 Å². The normalized spacial score (nSPS) is 10.7. The fourth-order valence-corrected chi connectivity index (χ4v) is 3.82. The van der Waals surface area contributed by atoms with Crippen molar-refractivity contribution in [1.82, 2.24) is 19.7 Å². The Morgan fingerprint density at radius 2 is 2.07 bits per heavy atom. The number of ether oxygens (including phenoxy) is 1. The van der Waals surface area contributed by atoms with Crippen LogP contribution in [-0.4, -0.2) is 38.5 Å². The Balaban J connectivity index is 1.77. The van der Waals surface area contributed by atoms with Crippen LogP contribution < -0.4 is 10.1 Å². The number of para-hydroxylation sites is 1. The van der Waals surface area contributed by atoms with E-state index in [0.29, 0.717) is 34.0 Å². The SMILES string of the molecule is C=CCn1c(SCC(=O)Nc2nc(C)c(Cl)cc2Cl)nnc1-c1ccccc1OC. The molecule has 0 bridgehead atoms. The first-order valence-corrected chi connectivity index (χ1v) is 10.6. The Morgan fingerprint density at radius 1 is 1.30 bits per heavy atom. The Labute approximate surface area is 188 Å². The van der Waals surface area contributed by atoms with E-state index in [4.69, 9.17) is 27.9 Å². The van der Waals surface area contributed by atoms with Crippen molar-refractivity contribution in [3.63, 3.8) is 0 Å². The third-order valence-corrected chi connectivity index (χ3v) is 5.71. The van der Waals surface area contributed by atoms with Crippen molar-refractivity contribution in [2.24, 2.45) is 0 Å². The van der Waals surface area contributed by atoms with Crippen molar-refractivity contribution in [3.8, 4) is 17.1 Å². The molecule has 7 nitrogen and oxygen atoms in total.